The molecule has 0 saturated carbocycles. The summed E-state index contributed by atoms with van der Waals surface area (Å²) in [6.07, 6.45) is 3.94. The van der Waals surface area contributed by atoms with Gasteiger partial charge in [-0.3, -0.25) is 18.8 Å². The molecule has 212 valence electrons. The molecular formula is C32H31N7O3. The zero-order chi connectivity index (χ0) is 29.4. The Hall–Kier alpha value is -5.25. The molecule has 0 aliphatic carbocycles. The van der Waals surface area contributed by atoms with Crippen LogP contribution in [-0.4, -0.2) is 67.5 Å². The van der Waals surface area contributed by atoms with E-state index in [0.717, 1.165) is 28.3 Å². The predicted molar refractivity (Wildman–Crippen MR) is 158 cm³/mol. The van der Waals surface area contributed by atoms with Crippen LogP contribution in [0, 0.1) is 13.8 Å². The molecule has 3 amide bonds. The predicted octanol–water partition coefficient (Wildman–Crippen LogP) is 3.56. The summed E-state index contributed by atoms with van der Waals surface area (Å²) in [6.45, 7) is 4.23. The normalized spacial score (nSPS) is 16.5. The second-order valence-electron chi connectivity index (χ2n) is 10.5. The van der Waals surface area contributed by atoms with Crippen molar-refractivity contribution in [3.8, 4) is 16.9 Å². The van der Waals surface area contributed by atoms with Crippen molar-refractivity contribution < 1.29 is 14.4 Å². The van der Waals surface area contributed by atoms with E-state index in [9.17, 15) is 14.4 Å². The lowest BCUT2D eigenvalue weighted by Crippen LogP contribution is -2.45. The van der Waals surface area contributed by atoms with Crippen molar-refractivity contribution in [3.05, 3.63) is 108 Å². The number of hydrogen-bond donors (Lipinski definition) is 2. The summed E-state index contributed by atoms with van der Waals surface area (Å²) in [7, 11) is 1.54. The Labute approximate surface area is 243 Å². The van der Waals surface area contributed by atoms with Crippen molar-refractivity contribution in [2.45, 2.75) is 32.4 Å². The van der Waals surface area contributed by atoms with E-state index in [1.54, 1.807) is 49.6 Å². The van der Waals surface area contributed by atoms with Crippen LogP contribution in [0.4, 0.5) is 0 Å². The van der Waals surface area contributed by atoms with Crippen LogP contribution < -0.4 is 10.6 Å². The lowest BCUT2D eigenvalue weighted by molar-refractivity contribution is -0.124. The average Bonchev–Trinajstić information content (AvgIpc) is 3.72. The SMILES string of the molecule is CNC(=O)[C@H]1C[C@H](NC(=O)c2ccn3c(-c4cccc(-n5nc(C)cc5C)c4)cnc3c2)CN1C(=O)c1ccccc1. The maximum absolute atomic E-state index is 13.3. The number of likely N-dealkylation sites (N-methyl/N-ethyl adjacent to an activating group) is 1. The van der Waals surface area contributed by atoms with Gasteiger partial charge in [0.05, 0.1) is 23.3 Å². The Morgan fingerprint density at radius 2 is 1.74 bits per heavy atom. The molecule has 1 aliphatic heterocycles. The molecule has 6 rings (SSSR count). The highest BCUT2D eigenvalue weighted by Gasteiger charge is 2.40. The van der Waals surface area contributed by atoms with E-state index in [1.165, 1.54) is 4.90 Å². The third-order valence-electron chi connectivity index (χ3n) is 7.64. The van der Waals surface area contributed by atoms with Crippen molar-refractivity contribution in [1.82, 2.24) is 34.7 Å². The largest absolute Gasteiger partial charge is 0.357 e. The minimum Gasteiger partial charge on any atom is -0.357 e. The number of aromatic nitrogens is 4. The van der Waals surface area contributed by atoms with Crippen molar-refractivity contribution in [1.29, 1.82) is 0 Å². The molecule has 0 bridgehead atoms. The highest BCUT2D eigenvalue weighted by atomic mass is 16.2. The average molecular weight is 562 g/mol. The van der Waals surface area contributed by atoms with Crippen LogP contribution in [0.5, 0.6) is 0 Å². The lowest BCUT2D eigenvalue weighted by Gasteiger charge is -2.23. The molecule has 2 atom stereocenters. The van der Waals surface area contributed by atoms with E-state index >= 15 is 0 Å². The number of imidazole rings is 1. The number of likely N-dealkylation sites (tertiary alicyclic amines) is 1. The smallest absolute Gasteiger partial charge is 0.254 e. The third kappa shape index (κ3) is 5.03. The zero-order valence-corrected chi connectivity index (χ0v) is 23.6. The van der Waals surface area contributed by atoms with E-state index in [0.29, 0.717) is 23.2 Å². The molecule has 5 aromatic rings. The number of rotatable bonds is 6. The molecule has 2 N–H and O–H groups in total. The number of fused-ring (bicyclic) bond motifs is 1. The first-order chi connectivity index (χ1) is 20.3. The quantitative estimate of drug-likeness (QED) is 0.329. The van der Waals surface area contributed by atoms with Crippen LogP contribution in [-0.2, 0) is 4.79 Å². The summed E-state index contributed by atoms with van der Waals surface area (Å²) in [5.41, 5.74) is 6.39. The Balaban J connectivity index is 1.21. The fraction of sp³-hybridized carbons (Fsp3) is 0.219. The van der Waals surface area contributed by atoms with Gasteiger partial charge in [-0.25, -0.2) is 9.67 Å². The second kappa shape index (κ2) is 11.0. The molecule has 42 heavy (non-hydrogen) atoms. The van der Waals surface area contributed by atoms with E-state index in [4.69, 9.17) is 0 Å². The molecule has 10 nitrogen and oxygen atoms in total. The number of amides is 3. The van der Waals surface area contributed by atoms with Gasteiger partial charge < -0.3 is 15.5 Å². The number of nitrogens with zero attached hydrogens (tertiary/aromatic N) is 5. The summed E-state index contributed by atoms with van der Waals surface area (Å²) in [6, 6.07) is 21.4. The molecule has 3 aromatic heterocycles. The minimum absolute atomic E-state index is 0.235. The number of nitrogens with one attached hydrogen (secondary N) is 2. The van der Waals surface area contributed by atoms with E-state index in [-0.39, 0.29) is 30.3 Å². The van der Waals surface area contributed by atoms with Gasteiger partial charge in [0, 0.05) is 48.2 Å². The molecule has 0 unspecified atom stereocenters. The molecule has 0 radical (unpaired) electrons. The summed E-state index contributed by atoms with van der Waals surface area (Å²) in [5.74, 6) is -0.790. The van der Waals surface area contributed by atoms with Crippen molar-refractivity contribution in [3.63, 3.8) is 0 Å². The van der Waals surface area contributed by atoms with Crippen LogP contribution in [0.15, 0.2) is 85.2 Å². The van der Waals surface area contributed by atoms with Crippen molar-refractivity contribution >= 4 is 23.4 Å². The molecule has 1 aliphatic rings. The minimum atomic E-state index is -0.671. The monoisotopic (exact) mass is 561 g/mol. The van der Waals surface area contributed by atoms with Crippen LogP contribution in [0.25, 0.3) is 22.6 Å². The van der Waals surface area contributed by atoms with Gasteiger partial charge in [0.1, 0.15) is 11.7 Å². The van der Waals surface area contributed by atoms with Gasteiger partial charge in [0.2, 0.25) is 5.91 Å². The fourth-order valence-electron chi connectivity index (χ4n) is 5.62. The first-order valence-corrected chi connectivity index (χ1v) is 13.8. The first kappa shape index (κ1) is 26.9. The Morgan fingerprint density at radius 3 is 2.48 bits per heavy atom. The fourth-order valence-corrected chi connectivity index (χ4v) is 5.62. The van der Waals surface area contributed by atoms with Gasteiger partial charge in [-0.05, 0) is 62.7 Å². The van der Waals surface area contributed by atoms with E-state index in [2.05, 4.69) is 26.8 Å². The highest BCUT2D eigenvalue weighted by molar-refractivity contribution is 5.99. The molecule has 10 heteroatoms. The number of aryl methyl sites for hydroxylation is 2. The van der Waals surface area contributed by atoms with Crippen LogP contribution in [0.2, 0.25) is 0 Å². The number of hydrogen-bond acceptors (Lipinski definition) is 5. The van der Waals surface area contributed by atoms with Gasteiger partial charge in [0.15, 0.2) is 0 Å². The third-order valence-corrected chi connectivity index (χ3v) is 7.64. The van der Waals surface area contributed by atoms with Crippen molar-refractivity contribution in [2.75, 3.05) is 13.6 Å². The Bertz CT molecular complexity index is 1810. The van der Waals surface area contributed by atoms with Crippen LogP contribution >= 0.6 is 0 Å². The summed E-state index contributed by atoms with van der Waals surface area (Å²) in [5, 5.41) is 10.2. The number of carbonyl (C=O) groups excluding carboxylic acids is 3. The van der Waals surface area contributed by atoms with E-state index < -0.39 is 6.04 Å². The summed E-state index contributed by atoms with van der Waals surface area (Å²) in [4.78, 5) is 45.2. The van der Waals surface area contributed by atoms with Gasteiger partial charge >= 0.3 is 0 Å². The molecule has 2 aromatic carbocycles. The first-order valence-electron chi connectivity index (χ1n) is 13.8. The topological polar surface area (TPSA) is 114 Å². The van der Waals surface area contributed by atoms with Crippen LogP contribution in [0.3, 0.4) is 0 Å². The Kier molecular flexibility index (Phi) is 7.03. The maximum Gasteiger partial charge on any atom is 0.254 e. The van der Waals surface area contributed by atoms with Gasteiger partial charge in [-0.2, -0.15) is 5.10 Å². The van der Waals surface area contributed by atoms with Gasteiger partial charge in [0.25, 0.3) is 11.8 Å². The Morgan fingerprint density at radius 1 is 0.929 bits per heavy atom. The second-order valence-corrected chi connectivity index (χ2v) is 10.5. The maximum atomic E-state index is 13.3. The number of benzene rings is 2. The van der Waals surface area contributed by atoms with Crippen LogP contribution in [0.1, 0.15) is 38.5 Å². The summed E-state index contributed by atoms with van der Waals surface area (Å²) < 4.78 is 3.85. The molecule has 1 fully saturated rings. The van der Waals surface area contributed by atoms with Crippen molar-refractivity contribution in [2.24, 2.45) is 0 Å². The number of pyridine rings is 1. The highest BCUT2D eigenvalue weighted by Crippen LogP contribution is 2.25. The van der Waals surface area contributed by atoms with Gasteiger partial charge in [-0.1, -0.05) is 30.3 Å². The standard InChI is InChI=1S/C32H31N7O3/c1-20-14-21(2)39(36-20)26-11-7-10-23(15-26)28-18-34-29-16-24(12-13-37(28)29)30(40)35-25-17-27(31(41)33-3)38(19-25)32(42)22-8-5-4-6-9-22/h4-16,18,25,27H,17,19H2,1-3H3,(H,33,41)(H,35,40)/t25-,27+/m0/s1. The molecule has 4 heterocycles. The molecule has 0 spiro atoms. The lowest BCUT2D eigenvalue weighted by atomic mass is 10.1. The number of carbonyl (C=O) groups is 3. The van der Waals surface area contributed by atoms with Gasteiger partial charge in [-0.15, -0.1) is 0 Å². The van der Waals surface area contributed by atoms with E-state index in [1.807, 2.05) is 59.5 Å². The zero-order valence-electron chi connectivity index (χ0n) is 23.6. The summed E-state index contributed by atoms with van der Waals surface area (Å²) >= 11 is 0. The molecular weight excluding hydrogens is 530 g/mol. The molecule has 1 saturated heterocycles.